The molecule has 0 aliphatic carbocycles. The molecule has 0 saturated carbocycles. The van der Waals surface area contributed by atoms with Crippen molar-refractivity contribution in [1.82, 2.24) is 0 Å². The van der Waals surface area contributed by atoms with E-state index in [1.54, 1.807) is 0 Å². The lowest BCUT2D eigenvalue weighted by atomic mass is 10.1. The summed E-state index contributed by atoms with van der Waals surface area (Å²) in [5, 5.41) is 2.37. The first-order valence-corrected chi connectivity index (χ1v) is 8.22. The molecular weight excluding hydrogens is 393 g/mol. The molecule has 2 aromatic rings. The molecule has 4 nitrogen and oxygen atoms in total. The standard InChI is InChI=1S/C17H12F5NO3S/c18-16(19)27-13-6-4-12(5-7-13)23-14(24)9-26-15(25)10-2-1-3-11(8-10)17(20,21)22/h1-8,16H,9H2,(H,23,24). The largest absolute Gasteiger partial charge is 0.452 e. The Hall–Kier alpha value is -2.62. The van der Waals surface area contributed by atoms with Gasteiger partial charge in [0.2, 0.25) is 0 Å². The number of amides is 1. The summed E-state index contributed by atoms with van der Waals surface area (Å²) in [5.74, 6) is -4.38. The monoisotopic (exact) mass is 405 g/mol. The number of anilines is 1. The number of carbonyl (C=O) groups is 2. The van der Waals surface area contributed by atoms with E-state index in [0.29, 0.717) is 22.7 Å². The first-order chi connectivity index (χ1) is 12.6. The second-order valence-electron chi connectivity index (χ2n) is 5.11. The van der Waals surface area contributed by atoms with Crippen molar-refractivity contribution in [2.24, 2.45) is 0 Å². The summed E-state index contributed by atoms with van der Waals surface area (Å²) >= 11 is 0.345. The van der Waals surface area contributed by atoms with E-state index >= 15 is 0 Å². The smallest absolute Gasteiger partial charge is 0.416 e. The maximum absolute atomic E-state index is 12.6. The number of nitrogens with one attached hydrogen (secondary N) is 1. The topological polar surface area (TPSA) is 55.4 Å². The quantitative estimate of drug-likeness (QED) is 0.426. The average Bonchev–Trinajstić information content (AvgIpc) is 2.60. The Balaban J connectivity index is 1.89. The van der Waals surface area contributed by atoms with Crippen molar-refractivity contribution >= 4 is 29.3 Å². The maximum atomic E-state index is 12.6. The number of carbonyl (C=O) groups excluding carboxylic acids is 2. The average molecular weight is 405 g/mol. The van der Waals surface area contributed by atoms with Crippen LogP contribution in [0.25, 0.3) is 0 Å². The molecule has 144 valence electrons. The van der Waals surface area contributed by atoms with E-state index in [0.717, 1.165) is 18.2 Å². The Kier molecular flexibility index (Phi) is 6.78. The lowest BCUT2D eigenvalue weighted by Gasteiger charge is -2.09. The Morgan fingerprint density at radius 3 is 2.33 bits per heavy atom. The minimum Gasteiger partial charge on any atom is -0.452 e. The lowest BCUT2D eigenvalue weighted by molar-refractivity contribution is -0.137. The normalized spacial score (nSPS) is 11.3. The lowest BCUT2D eigenvalue weighted by Crippen LogP contribution is -2.21. The first-order valence-electron chi connectivity index (χ1n) is 7.34. The summed E-state index contributed by atoms with van der Waals surface area (Å²) in [7, 11) is 0. The van der Waals surface area contributed by atoms with E-state index in [2.05, 4.69) is 10.1 Å². The van der Waals surface area contributed by atoms with Crippen LogP contribution < -0.4 is 5.32 Å². The molecule has 0 aromatic heterocycles. The molecule has 0 fully saturated rings. The molecule has 0 atom stereocenters. The molecule has 1 amide bonds. The predicted octanol–water partition coefficient (Wildman–Crippen LogP) is 4.82. The molecular formula is C17H12F5NO3S. The number of benzene rings is 2. The molecule has 0 heterocycles. The highest BCUT2D eigenvalue weighted by Crippen LogP contribution is 2.29. The van der Waals surface area contributed by atoms with Crippen LogP contribution >= 0.6 is 11.8 Å². The zero-order valence-electron chi connectivity index (χ0n) is 13.4. The van der Waals surface area contributed by atoms with Gasteiger partial charge in [0.05, 0.1) is 11.1 Å². The summed E-state index contributed by atoms with van der Waals surface area (Å²) in [4.78, 5) is 23.8. The van der Waals surface area contributed by atoms with E-state index in [-0.39, 0.29) is 11.3 Å². The van der Waals surface area contributed by atoms with Crippen molar-refractivity contribution in [3.63, 3.8) is 0 Å². The van der Waals surface area contributed by atoms with Gasteiger partial charge >= 0.3 is 12.1 Å². The molecule has 10 heteroatoms. The van der Waals surface area contributed by atoms with Crippen LogP contribution in [0.3, 0.4) is 0 Å². The highest BCUT2D eigenvalue weighted by atomic mass is 32.2. The van der Waals surface area contributed by atoms with Crippen molar-refractivity contribution in [3.05, 3.63) is 59.7 Å². The first kappa shape index (κ1) is 20.7. The van der Waals surface area contributed by atoms with Crippen molar-refractivity contribution in [2.45, 2.75) is 16.8 Å². The van der Waals surface area contributed by atoms with Gasteiger partial charge in [0, 0.05) is 10.6 Å². The van der Waals surface area contributed by atoms with Gasteiger partial charge in [0.25, 0.3) is 11.7 Å². The Morgan fingerprint density at radius 2 is 1.74 bits per heavy atom. The molecule has 2 aromatic carbocycles. The third-order valence-electron chi connectivity index (χ3n) is 3.12. The van der Waals surface area contributed by atoms with Crippen LogP contribution in [0.15, 0.2) is 53.4 Å². The molecule has 0 bridgehead atoms. The number of hydrogen-bond donors (Lipinski definition) is 1. The van der Waals surface area contributed by atoms with Gasteiger partial charge in [0.1, 0.15) is 0 Å². The molecule has 0 aliphatic rings. The van der Waals surface area contributed by atoms with E-state index in [1.165, 1.54) is 24.3 Å². The van der Waals surface area contributed by atoms with Crippen LogP contribution in [0.1, 0.15) is 15.9 Å². The zero-order valence-corrected chi connectivity index (χ0v) is 14.2. The fourth-order valence-corrected chi connectivity index (χ4v) is 2.45. The highest BCUT2D eigenvalue weighted by Gasteiger charge is 2.31. The van der Waals surface area contributed by atoms with Gasteiger partial charge in [-0.05, 0) is 42.5 Å². The molecule has 0 spiro atoms. The zero-order chi connectivity index (χ0) is 20.0. The fraction of sp³-hybridized carbons (Fsp3) is 0.176. The van der Waals surface area contributed by atoms with Crippen LogP contribution in [-0.2, 0) is 15.7 Å². The predicted molar refractivity (Wildman–Crippen MR) is 88.7 cm³/mol. The number of esters is 1. The van der Waals surface area contributed by atoms with Crippen LogP contribution in [0, 0.1) is 0 Å². The number of halogens is 5. The summed E-state index contributed by atoms with van der Waals surface area (Å²) in [5.41, 5.74) is -1.07. The SMILES string of the molecule is O=C(COC(=O)c1cccc(C(F)(F)F)c1)Nc1ccc(SC(F)F)cc1. The molecule has 0 saturated heterocycles. The summed E-state index contributed by atoms with van der Waals surface area (Å²) in [6.45, 7) is -0.720. The summed E-state index contributed by atoms with van der Waals surface area (Å²) in [6.07, 6.45) is -4.61. The van der Waals surface area contributed by atoms with Crippen LogP contribution in [0.4, 0.5) is 27.6 Å². The molecule has 0 aliphatic heterocycles. The third kappa shape index (κ3) is 6.55. The highest BCUT2D eigenvalue weighted by molar-refractivity contribution is 7.99. The van der Waals surface area contributed by atoms with Crippen LogP contribution in [-0.4, -0.2) is 24.2 Å². The third-order valence-corrected chi connectivity index (χ3v) is 3.85. The van der Waals surface area contributed by atoms with Gasteiger partial charge in [-0.1, -0.05) is 17.8 Å². The van der Waals surface area contributed by atoms with Crippen molar-refractivity contribution < 1.29 is 36.3 Å². The summed E-state index contributed by atoms with van der Waals surface area (Å²) < 4.78 is 67.0. The van der Waals surface area contributed by atoms with Gasteiger partial charge in [-0.25, -0.2) is 4.79 Å². The molecule has 27 heavy (non-hydrogen) atoms. The molecule has 0 unspecified atom stereocenters. The van der Waals surface area contributed by atoms with E-state index in [9.17, 15) is 31.5 Å². The molecule has 0 radical (unpaired) electrons. The Labute approximate surface area is 154 Å². The summed E-state index contributed by atoms with van der Waals surface area (Å²) in [6, 6.07) is 9.14. The number of ether oxygens (including phenoxy) is 1. The van der Waals surface area contributed by atoms with Gasteiger partial charge in [-0.2, -0.15) is 22.0 Å². The van der Waals surface area contributed by atoms with Crippen molar-refractivity contribution in [1.29, 1.82) is 0 Å². The number of rotatable bonds is 6. The minimum atomic E-state index is -4.61. The molecule has 2 rings (SSSR count). The van der Waals surface area contributed by atoms with Crippen LogP contribution in [0.2, 0.25) is 0 Å². The van der Waals surface area contributed by atoms with E-state index in [1.807, 2.05) is 0 Å². The van der Waals surface area contributed by atoms with Gasteiger partial charge in [-0.15, -0.1) is 0 Å². The van der Waals surface area contributed by atoms with Crippen molar-refractivity contribution in [2.75, 3.05) is 11.9 Å². The Morgan fingerprint density at radius 1 is 1.07 bits per heavy atom. The maximum Gasteiger partial charge on any atom is 0.416 e. The van der Waals surface area contributed by atoms with Gasteiger partial charge in [0.15, 0.2) is 6.61 Å². The molecule has 1 N–H and O–H groups in total. The number of alkyl halides is 5. The second kappa shape index (κ2) is 8.85. The van der Waals surface area contributed by atoms with Crippen LogP contribution in [0.5, 0.6) is 0 Å². The van der Waals surface area contributed by atoms with Gasteiger partial charge < -0.3 is 10.1 Å². The van der Waals surface area contributed by atoms with Gasteiger partial charge in [-0.3, -0.25) is 4.79 Å². The number of thioether (sulfide) groups is 1. The second-order valence-corrected chi connectivity index (χ2v) is 6.17. The fourth-order valence-electron chi connectivity index (χ4n) is 1.95. The van der Waals surface area contributed by atoms with Crippen molar-refractivity contribution in [3.8, 4) is 0 Å². The Bertz CT molecular complexity index is 809. The van der Waals surface area contributed by atoms with E-state index in [4.69, 9.17) is 0 Å². The minimum absolute atomic E-state index is 0.286. The number of hydrogen-bond acceptors (Lipinski definition) is 4. The van der Waals surface area contributed by atoms with E-state index < -0.39 is 36.0 Å².